The molecule has 1 aliphatic rings. The molecule has 1 fully saturated rings. The second kappa shape index (κ2) is 12.7. The summed E-state index contributed by atoms with van der Waals surface area (Å²) >= 11 is 0. The van der Waals surface area contributed by atoms with Gasteiger partial charge in [0.05, 0.1) is 12.2 Å². The molecular weight excluding hydrogens is 520 g/mol. The highest BCUT2D eigenvalue weighted by atomic mass is 16.5. The van der Waals surface area contributed by atoms with E-state index in [0.717, 1.165) is 29.0 Å². The van der Waals surface area contributed by atoms with Crippen molar-refractivity contribution < 1.29 is 14.3 Å². The standard InChI is InChI=1S/C37H38N2O3/c1-27-22-39(23-28(2)42-27)37(40)21-34(31-16-11-17-32(20-31)41-26-30-14-7-4-8-15-30)35-25-38(24-29-12-5-3-6-13-29)36-19-10-9-18-33(35)36/h3-20,25,27-28,34H,21-24,26H2,1-2H3/t27-,28-,34-/m1/s1. The van der Waals surface area contributed by atoms with Crippen LogP contribution in [0.4, 0.5) is 0 Å². The lowest BCUT2D eigenvalue weighted by Crippen LogP contribution is -2.48. The Kier molecular flexibility index (Phi) is 8.38. The second-order valence-electron chi connectivity index (χ2n) is 11.4. The van der Waals surface area contributed by atoms with Gasteiger partial charge in [0, 0.05) is 49.1 Å². The first-order chi connectivity index (χ1) is 20.5. The molecule has 0 radical (unpaired) electrons. The summed E-state index contributed by atoms with van der Waals surface area (Å²) < 4.78 is 14.5. The summed E-state index contributed by atoms with van der Waals surface area (Å²) in [6, 6.07) is 37.5. The normalized spacial score (nSPS) is 17.7. The van der Waals surface area contributed by atoms with Crippen LogP contribution in [0.2, 0.25) is 0 Å². The number of carbonyl (C=O) groups is 1. The Balaban J connectivity index is 1.37. The minimum absolute atomic E-state index is 0.0265. The van der Waals surface area contributed by atoms with Crippen LogP contribution in [0.1, 0.15) is 48.4 Å². The molecule has 3 atom stereocenters. The van der Waals surface area contributed by atoms with Gasteiger partial charge in [0.25, 0.3) is 0 Å². The van der Waals surface area contributed by atoms with E-state index in [-0.39, 0.29) is 24.0 Å². The zero-order valence-electron chi connectivity index (χ0n) is 24.4. The molecule has 1 aromatic heterocycles. The molecule has 6 rings (SSSR count). The van der Waals surface area contributed by atoms with E-state index in [1.807, 2.05) is 55.1 Å². The van der Waals surface area contributed by atoms with Crippen molar-refractivity contribution in [2.24, 2.45) is 0 Å². The van der Waals surface area contributed by atoms with Gasteiger partial charge in [-0.25, -0.2) is 0 Å². The molecule has 5 aromatic rings. The zero-order valence-corrected chi connectivity index (χ0v) is 24.4. The molecule has 0 aliphatic carbocycles. The smallest absolute Gasteiger partial charge is 0.223 e. The van der Waals surface area contributed by atoms with E-state index in [0.29, 0.717) is 26.1 Å². The van der Waals surface area contributed by atoms with Crippen molar-refractivity contribution in [3.8, 4) is 5.75 Å². The molecule has 0 N–H and O–H groups in total. The number of para-hydroxylation sites is 1. The van der Waals surface area contributed by atoms with Crippen LogP contribution in [-0.2, 0) is 22.7 Å². The van der Waals surface area contributed by atoms with E-state index >= 15 is 0 Å². The van der Waals surface area contributed by atoms with Crippen LogP contribution in [0.25, 0.3) is 10.9 Å². The van der Waals surface area contributed by atoms with Gasteiger partial charge in [-0.2, -0.15) is 0 Å². The number of fused-ring (bicyclic) bond motifs is 1. The molecule has 42 heavy (non-hydrogen) atoms. The van der Waals surface area contributed by atoms with Crippen LogP contribution in [0.15, 0.2) is 115 Å². The maximum absolute atomic E-state index is 13.9. The quantitative estimate of drug-likeness (QED) is 0.189. The first kappa shape index (κ1) is 27.8. The van der Waals surface area contributed by atoms with Crippen molar-refractivity contribution in [3.63, 3.8) is 0 Å². The first-order valence-corrected chi connectivity index (χ1v) is 14.8. The SMILES string of the molecule is C[C@@H]1CN(C(=O)C[C@H](c2cccc(OCc3ccccc3)c2)c2cn(Cc3ccccc3)c3ccccc23)C[C@@H](C)O1. The Morgan fingerprint density at radius 2 is 1.50 bits per heavy atom. The Hall–Kier alpha value is -4.35. The van der Waals surface area contributed by atoms with Gasteiger partial charge in [-0.15, -0.1) is 0 Å². The van der Waals surface area contributed by atoms with Crippen molar-refractivity contribution in [1.29, 1.82) is 0 Å². The van der Waals surface area contributed by atoms with E-state index in [9.17, 15) is 4.79 Å². The van der Waals surface area contributed by atoms with Crippen molar-refractivity contribution in [2.45, 2.75) is 51.5 Å². The molecule has 0 bridgehead atoms. The number of amides is 1. The maximum Gasteiger partial charge on any atom is 0.223 e. The van der Waals surface area contributed by atoms with Crippen molar-refractivity contribution in [3.05, 3.63) is 138 Å². The number of ether oxygens (including phenoxy) is 2. The lowest BCUT2D eigenvalue weighted by atomic mass is 9.87. The fourth-order valence-electron chi connectivity index (χ4n) is 6.12. The van der Waals surface area contributed by atoms with Crippen LogP contribution >= 0.6 is 0 Å². The highest BCUT2D eigenvalue weighted by Gasteiger charge is 2.30. The van der Waals surface area contributed by atoms with Gasteiger partial charge in [-0.3, -0.25) is 4.79 Å². The average molecular weight is 559 g/mol. The van der Waals surface area contributed by atoms with Crippen LogP contribution in [0, 0.1) is 0 Å². The van der Waals surface area contributed by atoms with Gasteiger partial charge in [-0.05, 0) is 54.3 Å². The predicted octanol–water partition coefficient (Wildman–Crippen LogP) is 7.43. The van der Waals surface area contributed by atoms with Crippen LogP contribution in [0.5, 0.6) is 5.75 Å². The number of hydrogen-bond donors (Lipinski definition) is 0. The van der Waals surface area contributed by atoms with Crippen LogP contribution < -0.4 is 4.74 Å². The molecule has 1 saturated heterocycles. The Morgan fingerprint density at radius 3 is 2.24 bits per heavy atom. The molecule has 0 spiro atoms. The topological polar surface area (TPSA) is 43.7 Å². The van der Waals surface area contributed by atoms with Crippen LogP contribution in [0.3, 0.4) is 0 Å². The summed E-state index contributed by atoms with van der Waals surface area (Å²) in [5, 5.41) is 1.17. The van der Waals surface area contributed by atoms with E-state index in [1.54, 1.807) is 0 Å². The Bertz CT molecular complexity index is 1620. The van der Waals surface area contributed by atoms with Crippen molar-refractivity contribution in [1.82, 2.24) is 9.47 Å². The predicted molar refractivity (Wildman–Crippen MR) is 168 cm³/mol. The molecule has 0 unspecified atom stereocenters. The summed E-state index contributed by atoms with van der Waals surface area (Å²) in [5.74, 6) is 0.820. The summed E-state index contributed by atoms with van der Waals surface area (Å²) in [4.78, 5) is 15.9. The third kappa shape index (κ3) is 6.42. The summed E-state index contributed by atoms with van der Waals surface area (Å²) in [6.07, 6.45) is 2.68. The Morgan fingerprint density at radius 1 is 0.833 bits per heavy atom. The van der Waals surface area contributed by atoms with Gasteiger partial charge < -0.3 is 18.9 Å². The van der Waals surface area contributed by atoms with Gasteiger partial charge in [0.2, 0.25) is 5.91 Å². The minimum Gasteiger partial charge on any atom is -0.489 e. The molecule has 5 nitrogen and oxygen atoms in total. The summed E-state index contributed by atoms with van der Waals surface area (Å²) in [6.45, 7) is 6.57. The summed E-state index contributed by atoms with van der Waals surface area (Å²) in [5.41, 5.74) is 5.76. The van der Waals surface area contributed by atoms with E-state index in [1.165, 1.54) is 16.5 Å². The third-order valence-electron chi connectivity index (χ3n) is 8.05. The third-order valence-corrected chi connectivity index (χ3v) is 8.05. The van der Waals surface area contributed by atoms with Crippen molar-refractivity contribution in [2.75, 3.05) is 13.1 Å². The second-order valence-corrected chi connectivity index (χ2v) is 11.4. The number of aromatic nitrogens is 1. The fraction of sp³-hybridized carbons (Fsp3) is 0.270. The fourth-order valence-corrected chi connectivity index (χ4v) is 6.12. The minimum atomic E-state index is -0.131. The monoisotopic (exact) mass is 558 g/mol. The highest BCUT2D eigenvalue weighted by Crippen LogP contribution is 2.37. The molecule has 1 aliphatic heterocycles. The van der Waals surface area contributed by atoms with Gasteiger partial charge in [-0.1, -0.05) is 91.0 Å². The molecule has 1 amide bonds. The number of benzene rings is 4. The van der Waals surface area contributed by atoms with E-state index in [4.69, 9.17) is 9.47 Å². The lowest BCUT2D eigenvalue weighted by Gasteiger charge is -2.36. The van der Waals surface area contributed by atoms with Gasteiger partial charge in [0.15, 0.2) is 0 Å². The number of hydrogen-bond acceptors (Lipinski definition) is 3. The van der Waals surface area contributed by atoms with Gasteiger partial charge >= 0.3 is 0 Å². The van der Waals surface area contributed by atoms with Crippen molar-refractivity contribution >= 4 is 16.8 Å². The van der Waals surface area contributed by atoms with E-state index < -0.39 is 0 Å². The largest absolute Gasteiger partial charge is 0.489 e. The molecular formula is C37H38N2O3. The first-order valence-electron chi connectivity index (χ1n) is 14.8. The number of morpholine rings is 1. The van der Waals surface area contributed by atoms with Gasteiger partial charge in [0.1, 0.15) is 12.4 Å². The molecule has 5 heteroatoms. The molecule has 4 aromatic carbocycles. The molecule has 0 saturated carbocycles. The lowest BCUT2D eigenvalue weighted by molar-refractivity contribution is -0.143. The Labute approximate surface area is 248 Å². The number of carbonyl (C=O) groups excluding carboxylic acids is 1. The maximum atomic E-state index is 13.9. The van der Waals surface area contributed by atoms with Crippen LogP contribution in [-0.4, -0.2) is 40.7 Å². The molecule has 214 valence electrons. The molecule has 2 heterocycles. The highest BCUT2D eigenvalue weighted by molar-refractivity contribution is 5.87. The average Bonchev–Trinajstić information content (AvgIpc) is 3.37. The number of nitrogens with zero attached hydrogens (tertiary/aromatic N) is 2. The zero-order chi connectivity index (χ0) is 28.9. The van der Waals surface area contributed by atoms with E-state index in [2.05, 4.69) is 83.6 Å². The summed E-state index contributed by atoms with van der Waals surface area (Å²) in [7, 11) is 0. The number of rotatable bonds is 9.